The molecule has 3 aromatic carbocycles. The van der Waals surface area contributed by atoms with Crippen LogP contribution in [0.5, 0.6) is 0 Å². The molecule has 0 bridgehead atoms. The first-order valence-corrected chi connectivity index (χ1v) is 6.39. The Balaban J connectivity index is 2.14. The fourth-order valence-electron chi connectivity index (χ4n) is 2.19. The molecule has 0 saturated heterocycles. The Hall–Kier alpha value is -2.12. The zero-order valence-corrected chi connectivity index (χ0v) is 10.9. The van der Waals surface area contributed by atoms with Gasteiger partial charge in [0.25, 0.3) is 0 Å². The molecule has 0 atom stereocenters. The molecule has 0 aliphatic heterocycles. The highest BCUT2D eigenvalue weighted by molar-refractivity contribution is 6.30. The van der Waals surface area contributed by atoms with E-state index in [-0.39, 0.29) is 0 Å². The van der Waals surface area contributed by atoms with Crippen molar-refractivity contribution in [3.63, 3.8) is 0 Å². The zero-order chi connectivity index (χ0) is 13.2. The zero-order valence-electron chi connectivity index (χ0n) is 10.1. The molecule has 0 aliphatic carbocycles. The van der Waals surface area contributed by atoms with Crippen LogP contribution in [0.4, 0.5) is 0 Å². The number of halogens is 1. The van der Waals surface area contributed by atoms with Crippen molar-refractivity contribution in [2.75, 3.05) is 0 Å². The smallest absolute Gasteiger partial charge is 0.150 e. The second-order valence-electron chi connectivity index (χ2n) is 4.45. The van der Waals surface area contributed by atoms with Gasteiger partial charge in [-0.25, -0.2) is 0 Å². The molecule has 0 radical (unpaired) electrons. The summed E-state index contributed by atoms with van der Waals surface area (Å²) in [6.45, 7) is 0. The van der Waals surface area contributed by atoms with Crippen LogP contribution in [0.3, 0.4) is 0 Å². The summed E-state index contributed by atoms with van der Waals surface area (Å²) in [5.41, 5.74) is 2.91. The minimum atomic E-state index is 0.697. The molecule has 0 N–H and O–H groups in total. The van der Waals surface area contributed by atoms with Gasteiger partial charge >= 0.3 is 0 Å². The maximum Gasteiger partial charge on any atom is 0.150 e. The minimum Gasteiger partial charge on any atom is -0.298 e. The van der Waals surface area contributed by atoms with Gasteiger partial charge in [-0.15, -0.1) is 0 Å². The predicted octanol–water partition coefficient (Wildman–Crippen LogP) is 4.97. The molecule has 0 aromatic heterocycles. The molecule has 0 saturated carbocycles. The summed E-state index contributed by atoms with van der Waals surface area (Å²) in [4.78, 5) is 10.8. The van der Waals surface area contributed by atoms with Crippen LogP contribution in [0.1, 0.15) is 10.4 Å². The second kappa shape index (κ2) is 4.87. The summed E-state index contributed by atoms with van der Waals surface area (Å²) < 4.78 is 0. The maximum absolute atomic E-state index is 10.8. The molecule has 92 valence electrons. The van der Waals surface area contributed by atoms with Crippen molar-refractivity contribution < 1.29 is 4.79 Å². The molecule has 0 aliphatic rings. The molecule has 0 fully saturated rings. The van der Waals surface area contributed by atoms with Gasteiger partial charge in [0.15, 0.2) is 0 Å². The van der Waals surface area contributed by atoms with E-state index in [1.165, 1.54) is 0 Å². The summed E-state index contributed by atoms with van der Waals surface area (Å²) in [5.74, 6) is 0. The van der Waals surface area contributed by atoms with Gasteiger partial charge in [0.1, 0.15) is 6.29 Å². The maximum atomic E-state index is 10.8. The van der Waals surface area contributed by atoms with Gasteiger partial charge in [-0.3, -0.25) is 4.79 Å². The first-order valence-electron chi connectivity index (χ1n) is 6.01. The molecule has 19 heavy (non-hydrogen) atoms. The molecule has 2 heteroatoms. The number of aldehydes is 1. The molecule has 3 rings (SSSR count). The SMILES string of the molecule is O=Cc1ccc2cc(-c3cccc(Cl)c3)ccc2c1. The lowest BCUT2D eigenvalue weighted by Crippen LogP contribution is -1.82. The Morgan fingerprint density at radius 3 is 2.32 bits per heavy atom. The first kappa shape index (κ1) is 11.9. The number of fused-ring (bicyclic) bond motifs is 1. The quantitative estimate of drug-likeness (QED) is 0.598. The number of carbonyl (C=O) groups excluding carboxylic acids is 1. The van der Waals surface area contributed by atoms with E-state index >= 15 is 0 Å². The van der Waals surface area contributed by atoms with Crippen LogP contribution in [0.25, 0.3) is 21.9 Å². The van der Waals surface area contributed by atoms with Gasteiger partial charge in [-0.05, 0) is 46.2 Å². The Bertz CT molecular complexity index is 762. The van der Waals surface area contributed by atoms with E-state index < -0.39 is 0 Å². The van der Waals surface area contributed by atoms with E-state index in [1.807, 2.05) is 54.6 Å². The monoisotopic (exact) mass is 266 g/mol. The summed E-state index contributed by atoms with van der Waals surface area (Å²) in [7, 11) is 0. The third-order valence-corrected chi connectivity index (χ3v) is 3.39. The standard InChI is InChI=1S/C17H11ClO/c18-17-3-1-2-13(10-17)16-7-6-14-8-12(11-19)4-5-15(14)9-16/h1-11H. The fourth-order valence-corrected chi connectivity index (χ4v) is 2.38. The number of hydrogen-bond donors (Lipinski definition) is 0. The lowest BCUT2D eigenvalue weighted by atomic mass is 10.0. The Kier molecular flexibility index (Phi) is 3.06. The van der Waals surface area contributed by atoms with Crippen LogP contribution >= 0.6 is 11.6 Å². The highest BCUT2D eigenvalue weighted by atomic mass is 35.5. The van der Waals surface area contributed by atoms with Gasteiger partial charge in [-0.2, -0.15) is 0 Å². The average Bonchev–Trinajstić information content (AvgIpc) is 2.46. The summed E-state index contributed by atoms with van der Waals surface area (Å²) in [5, 5.41) is 2.91. The normalized spacial score (nSPS) is 10.6. The highest BCUT2D eigenvalue weighted by Crippen LogP contribution is 2.26. The van der Waals surface area contributed by atoms with E-state index in [9.17, 15) is 4.79 Å². The summed E-state index contributed by atoms with van der Waals surface area (Å²) in [6.07, 6.45) is 0.865. The molecular weight excluding hydrogens is 256 g/mol. The van der Waals surface area contributed by atoms with E-state index in [1.54, 1.807) is 0 Å². The van der Waals surface area contributed by atoms with Crippen molar-refractivity contribution in [2.24, 2.45) is 0 Å². The highest BCUT2D eigenvalue weighted by Gasteiger charge is 2.01. The third kappa shape index (κ3) is 2.38. The minimum absolute atomic E-state index is 0.697. The second-order valence-corrected chi connectivity index (χ2v) is 4.89. The van der Waals surface area contributed by atoms with Gasteiger partial charge in [0.05, 0.1) is 0 Å². The molecule has 0 amide bonds. The fraction of sp³-hybridized carbons (Fsp3) is 0. The summed E-state index contributed by atoms with van der Waals surface area (Å²) in [6, 6.07) is 19.7. The molecule has 0 heterocycles. The van der Waals surface area contributed by atoms with Crippen LogP contribution in [0, 0.1) is 0 Å². The molecule has 0 unspecified atom stereocenters. The molecule has 1 nitrogen and oxygen atoms in total. The lowest BCUT2D eigenvalue weighted by molar-refractivity contribution is 0.112. The van der Waals surface area contributed by atoms with Crippen molar-refractivity contribution in [3.05, 3.63) is 71.2 Å². The van der Waals surface area contributed by atoms with E-state index in [2.05, 4.69) is 6.07 Å². The lowest BCUT2D eigenvalue weighted by Gasteiger charge is -2.05. The van der Waals surface area contributed by atoms with Crippen molar-refractivity contribution in [2.45, 2.75) is 0 Å². The van der Waals surface area contributed by atoms with E-state index in [4.69, 9.17) is 11.6 Å². The Morgan fingerprint density at radius 2 is 1.53 bits per heavy atom. The average molecular weight is 267 g/mol. The van der Waals surface area contributed by atoms with Crippen molar-refractivity contribution >= 4 is 28.7 Å². The van der Waals surface area contributed by atoms with Crippen LogP contribution in [0.2, 0.25) is 5.02 Å². The topological polar surface area (TPSA) is 17.1 Å². The van der Waals surface area contributed by atoms with E-state index in [0.29, 0.717) is 5.56 Å². The predicted molar refractivity (Wildman–Crippen MR) is 79.8 cm³/mol. The molecule has 3 aromatic rings. The van der Waals surface area contributed by atoms with Crippen molar-refractivity contribution in [3.8, 4) is 11.1 Å². The Morgan fingerprint density at radius 1 is 0.789 bits per heavy atom. The summed E-state index contributed by atoms with van der Waals surface area (Å²) >= 11 is 6.01. The van der Waals surface area contributed by atoms with Crippen LogP contribution in [-0.2, 0) is 0 Å². The molecule has 0 spiro atoms. The van der Waals surface area contributed by atoms with Gasteiger partial charge < -0.3 is 0 Å². The van der Waals surface area contributed by atoms with Crippen molar-refractivity contribution in [1.82, 2.24) is 0 Å². The molecular formula is C17H11ClO. The van der Waals surface area contributed by atoms with Crippen LogP contribution in [-0.4, -0.2) is 6.29 Å². The number of rotatable bonds is 2. The number of carbonyl (C=O) groups is 1. The largest absolute Gasteiger partial charge is 0.298 e. The first-order chi connectivity index (χ1) is 9.26. The van der Waals surface area contributed by atoms with Gasteiger partial charge in [0, 0.05) is 10.6 Å². The third-order valence-electron chi connectivity index (χ3n) is 3.16. The number of benzene rings is 3. The van der Waals surface area contributed by atoms with E-state index in [0.717, 1.165) is 33.2 Å². The van der Waals surface area contributed by atoms with Crippen LogP contribution < -0.4 is 0 Å². The number of hydrogen-bond acceptors (Lipinski definition) is 1. The van der Waals surface area contributed by atoms with Crippen molar-refractivity contribution in [1.29, 1.82) is 0 Å². The van der Waals surface area contributed by atoms with Crippen LogP contribution in [0.15, 0.2) is 60.7 Å². The van der Waals surface area contributed by atoms with Gasteiger partial charge in [-0.1, -0.05) is 48.0 Å². The van der Waals surface area contributed by atoms with Gasteiger partial charge in [0.2, 0.25) is 0 Å². The Labute approximate surface area is 116 Å².